The van der Waals surface area contributed by atoms with Gasteiger partial charge in [0.2, 0.25) is 8.32 Å². The van der Waals surface area contributed by atoms with Crippen molar-refractivity contribution in [2.45, 2.75) is 78.1 Å². The quantitative estimate of drug-likeness (QED) is 0.420. The van der Waals surface area contributed by atoms with Gasteiger partial charge in [0, 0.05) is 0 Å². The monoisotopic (exact) mass is 303 g/mol. The van der Waals surface area contributed by atoms with Gasteiger partial charge in [-0.1, -0.05) is 55.4 Å². The lowest BCUT2D eigenvalue weighted by atomic mass is 10.1. The molecule has 0 saturated carbocycles. The smallest absolute Gasteiger partial charge is 0.325 e. The van der Waals surface area contributed by atoms with Crippen molar-refractivity contribution in [3.05, 3.63) is 0 Å². The van der Waals surface area contributed by atoms with Gasteiger partial charge in [-0.15, -0.1) is 0 Å². The fraction of sp³-hybridized carbons (Fsp3) is 0.933. The van der Waals surface area contributed by atoms with Crippen LogP contribution < -0.4 is 5.48 Å². The Bertz CT molecular complexity index is 282. The maximum absolute atomic E-state index is 11.8. The lowest BCUT2D eigenvalue weighted by molar-refractivity contribution is -0.147. The van der Waals surface area contributed by atoms with Crippen LogP contribution in [0, 0.1) is 5.92 Å². The Morgan fingerprint density at radius 3 is 1.55 bits per heavy atom. The van der Waals surface area contributed by atoms with Crippen LogP contribution in [0.25, 0.3) is 0 Å². The van der Waals surface area contributed by atoms with Gasteiger partial charge in [0.05, 0.1) is 7.11 Å². The third-order valence-corrected chi connectivity index (χ3v) is 10.1. The van der Waals surface area contributed by atoms with E-state index in [2.05, 4.69) is 47.0 Å². The molecule has 0 aromatic carbocycles. The highest BCUT2D eigenvalue weighted by Crippen LogP contribution is 2.41. The van der Waals surface area contributed by atoms with E-state index in [0.717, 1.165) is 0 Å². The third kappa shape index (κ3) is 4.30. The van der Waals surface area contributed by atoms with Crippen molar-refractivity contribution in [1.82, 2.24) is 5.48 Å². The second kappa shape index (κ2) is 8.15. The van der Waals surface area contributed by atoms with Crippen LogP contribution in [0.1, 0.15) is 55.4 Å². The highest BCUT2D eigenvalue weighted by Gasteiger charge is 2.46. The van der Waals surface area contributed by atoms with E-state index in [1.165, 1.54) is 7.11 Å². The molecule has 0 aromatic rings. The molecule has 0 aromatic heterocycles. The molecule has 1 N–H and O–H groups in total. The molecular weight excluding hydrogens is 270 g/mol. The summed E-state index contributed by atoms with van der Waals surface area (Å²) in [6, 6.07) is -0.414. The minimum absolute atomic E-state index is 0.126. The number of rotatable bonds is 8. The molecule has 0 spiro atoms. The maximum Gasteiger partial charge on any atom is 0.325 e. The SMILES string of the molecule is COC(=O)[C@@H](NO[Si](C(C)C)(C(C)C)C(C)C)C(C)C. The van der Waals surface area contributed by atoms with Gasteiger partial charge >= 0.3 is 5.97 Å². The summed E-state index contributed by atoms with van der Waals surface area (Å²) in [7, 11) is -0.600. The zero-order chi connectivity index (χ0) is 16.1. The van der Waals surface area contributed by atoms with Gasteiger partial charge in [-0.05, 0) is 22.5 Å². The van der Waals surface area contributed by atoms with Crippen molar-refractivity contribution in [3.63, 3.8) is 0 Å². The molecule has 0 bridgehead atoms. The largest absolute Gasteiger partial charge is 0.468 e. The predicted molar refractivity (Wildman–Crippen MR) is 85.9 cm³/mol. The Kier molecular flexibility index (Phi) is 7.99. The van der Waals surface area contributed by atoms with Gasteiger partial charge in [0.1, 0.15) is 6.04 Å². The van der Waals surface area contributed by atoms with Crippen LogP contribution in [0.4, 0.5) is 0 Å². The molecule has 0 unspecified atom stereocenters. The van der Waals surface area contributed by atoms with E-state index >= 15 is 0 Å². The van der Waals surface area contributed by atoms with Crippen LogP contribution in [0.3, 0.4) is 0 Å². The molecular formula is C15H33NO3Si. The number of methoxy groups -OCH3 is 1. The highest BCUT2D eigenvalue weighted by molar-refractivity contribution is 6.77. The zero-order valence-corrected chi connectivity index (χ0v) is 15.6. The molecule has 1 atom stereocenters. The van der Waals surface area contributed by atoms with Crippen LogP contribution in [0.5, 0.6) is 0 Å². The van der Waals surface area contributed by atoms with Gasteiger partial charge in [-0.3, -0.25) is 4.79 Å². The summed E-state index contributed by atoms with van der Waals surface area (Å²) < 4.78 is 11.1. The number of hydrogen-bond donors (Lipinski definition) is 1. The number of nitrogens with one attached hydrogen (secondary N) is 1. The predicted octanol–water partition coefficient (Wildman–Crippen LogP) is 3.88. The van der Waals surface area contributed by atoms with Crippen LogP contribution in [-0.4, -0.2) is 27.4 Å². The van der Waals surface area contributed by atoms with E-state index in [0.29, 0.717) is 16.6 Å². The summed E-state index contributed by atoms with van der Waals surface area (Å²) in [5, 5.41) is 0. The molecule has 20 heavy (non-hydrogen) atoms. The van der Waals surface area contributed by atoms with Gasteiger partial charge in [0.15, 0.2) is 0 Å². The lowest BCUT2D eigenvalue weighted by Crippen LogP contribution is -2.55. The molecule has 0 heterocycles. The topological polar surface area (TPSA) is 47.6 Å². The van der Waals surface area contributed by atoms with Crippen molar-refractivity contribution in [2.24, 2.45) is 5.92 Å². The van der Waals surface area contributed by atoms with E-state index in [9.17, 15) is 4.79 Å². The fourth-order valence-corrected chi connectivity index (χ4v) is 8.14. The second-order valence-electron chi connectivity index (χ2n) is 6.78. The van der Waals surface area contributed by atoms with Crippen molar-refractivity contribution in [1.29, 1.82) is 0 Å². The number of carbonyl (C=O) groups is 1. The first-order valence-electron chi connectivity index (χ1n) is 7.62. The van der Waals surface area contributed by atoms with Crippen LogP contribution in [0.2, 0.25) is 16.6 Å². The van der Waals surface area contributed by atoms with Gasteiger partial charge in [-0.25, -0.2) is 5.48 Å². The Morgan fingerprint density at radius 1 is 0.900 bits per heavy atom. The van der Waals surface area contributed by atoms with E-state index < -0.39 is 14.4 Å². The van der Waals surface area contributed by atoms with Crippen LogP contribution >= 0.6 is 0 Å². The summed E-state index contributed by atoms with van der Waals surface area (Å²) in [5.74, 6) is -0.139. The first kappa shape index (κ1) is 19.6. The Morgan fingerprint density at radius 2 is 1.30 bits per heavy atom. The zero-order valence-electron chi connectivity index (χ0n) is 14.6. The first-order chi connectivity index (χ1) is 9.11. The normalized spacial score (nSPS) is 14.4. The molecule has 0 aliphatic carbocycles. The van der Waals surface area contributed by atoms with Crippen molar-refractivity contribution in [3.8, 4) is 0 Å². The second-order valence-corrected chi connectivity index (χ2v) is 12.2. The molecule has 0 radical (unpaired) electrons. The number of carbonyl (C=O) groups excluding carboxylic acids is 1. The standard InChI is InChI=1S/C15H33NO3Si/c1-10(2)14(15(17)18-9)16-19-20(11(3)4,12(5)6)13(7)8/h10-14,16H,1-9H3/t14-/m0/s1. The van der Waals surface area contributed by atoms with E-state index in [-0.39, 0.29) is 11.9 Å². The minimum Gasteiger partial charge on any atom is -0.468 e. The fourth-order valence-electron chi connectivity index (χ4n) is 3.10. The molecule has 0 fully saturated rings. The lowest BCUT2D eigenvalue weighted by Gasteiger charge is -2.42. The van der Waals surface area contributed by atoms with Gasteiger partial charge in [-0.2, -0.15) is 0 Å². The molecule has 0 aliphatic heterocycles. The third-order valence-electron chi connectivity index (χ3n) is 4.19. The number of esters is 1. The van der Waals surface area contributed by atoms with Crippen molar-refractivity contribution < 1.29 is 14.1 Å². The molecule has 0 rings (SSSR count). The molecule has 4 nitrogen and oxygen atoms in total. The number of hydroxylamine groups is 1. The summed E-state index contributed by atoms with van der Waals surface area (Å²) >= 11 is 0. The van der Waals surface area contributed by atoms with Crippen LogP contribution in [-0.2, 0) is 14.1 Å². The van der Waals surface area contributed by atoms with Crippen molar-refractivity contribution in [2.75, 3.05) is 7.11 Å². The molecule has 0 amide bonds. The van der Waals surface area contributed by atoms with Crippen molar-refractivity contribution >= 4 is 14.3 Å². The number of ether oxygens (including phenoxy) is 1. The summed E-state index contributed by atoms with van der Waals surface area (Å²) in [4.78, 5) is 11.8. The van der Waals surface area contributed by atoms with E-state index in [1.54, 1.807) is 0 Å². The van der Waals surface area contributed by atoms with Crippen LogP contribution in [0.15, 0.2) is 0 Å². The summed E-state index contributed by atoms with van der Waals surface area (Å²) in [5.41, 5.74) is 4.46. The van der Waals surface area contributed by atoms with E-state index in [1.807, 2.05) is 13.8 Å². The Labute approximate surface area is 125 Å². The molecule has 120 valence electrons. The maximum atomic E-state index is 11.8. The van der Waals surface area contributed by atoms with Gasteiger partial charge < -0.3 is 9.26 Å². The Balaban J connectivity index is 5.14. The van der Waals surface area contributed by atoms with E-state index in [4.69, 9.17) is 9.26 Å². The Hall–Kier alpha value is -0.393. The van der Waals surface area contributed by atoms with Gasteiger partial charge in [0.25, 0.3) is 0 Å². The highest BCUT2D eigenvalue weighted by atomic mass is 28.4. The average Bonchev–Trinajstić information content (AvgIpc) is 2.31. The molecule has 5 heteroatoms. The minimum atomic E-state index is -2.01. The summed E-state index contributed by atoms with van der Waals surface area (Å²) in [6.45, 7) is 17.3. The number of hydrogen-bond acceptors (Lipinski definition) is 4. The average molecular weight is 304 g/mol. The summed E-state index contributed by atoms with van der Waals surface area (Å²) in [6.07, 6.45) is 0. The first-order valence-corrected chi connectivity index (χ1v) is 9.76. The molecule has 0 saturated heterocycles. The molecule has 0 aliphatic rings.